The molecule has 0 spiro atoms. The molecule has 9 heteroatoms. The highest BCUT2D eigenvalue weighted by Crippen LogP contribution is 2.33. The van der Waals surface area contributed by atoms with Crippen LogP contribution in [-0.4, -0.2) is 46.4 Å². The fourth-order valence-electron chi connectivity index (χ4n) is 2.48. The van der Waals surface area contributed by atoms with Gasteiger partial charge in [0.25, 0.3) is 0 Å². The molecule has 0 amide bonds. The van der Waals surface area contributed by atoms with E-state index in [0.29, 0.717) is 23.4 Å². The second-order valence-electron chi connectivity index (χ2n) is 5.62. The number of fused-ring (bicyclic) bond motifs is 1. The van der Waals surface area contributed by atoms with Gasteiger partial charge in [0, 0.05) is 29.9 Å². The predicted octanol–water partition coefficient (Wildman–Crippen LogP) is 3.13. The predicted molar refractivity (Wildman–Crippen MR) is 94.2 cm³/mol. The van der Waals surface area contributed by atoms with Crippen molar-refractivity contribution in [3.05, 3.63) is 48.3 Å². The topological polar surface area (TPSA) is 80.2 Å². The van der Waals surface area contributed by atoms with Crippen LogP contribution in [-0.2, 0) is 10.9 Å². The van der Waals surface area contributed by atoms with Gasteiger partial charge in [-0.2, -0.15) is 13.2 Å². The molecule has 0 aliphatic heterocycles. The van der Waals surface area contributed by atoms with Crippen molar-refractivity contribution in [3.63, 3.8) is 0 Å². The Labute approximate surface area is 153 Å². The van der Waals surface area contributed by atoms with Gasteiger partial charge in [0.15, 0.2) is 5.82 Å². The fourth-order valence-corrected chi connectivity index (χ4v) is 2.48. The van der Waals surface area contributed by atoms with Crippen LogP contribution < -0.4 is 5.32 Å². The molecule has 2 heterocycles. The second kappa shape index (κ2) is 8.28. The van der Waals surface area contributed by atoms with Crippen LogP contribution in [0.15, 0.2) is 42.7 Å². The van der Waals surface area contributed by atoms with Crippen LogP contribution in [0.1, 0.15) is 5.56 Å². The minimum absolute atomic E-state index is 0.0996. The van der Waals surface area contributed by atoms with Gasteiger partial charge in [0.1, 0.15) is 5.82 Å². The van der Waals surface area contributed by atoms with Crippen LogP contribution in [0.25, 0.3) is 22.3 Å². The molecule has 3 rings (SSSR count). The first-order valence-corrected chi connectivity index (χ1v) is 8.21. The number of pyridine rings is 1. The first-order chi connectivity index (χ1) is 13.0. The highest BCUT2D eigenvalue weighted by molar-refractivity contribution is 5.91. The lowest BCUT2D eigenvalue weighted by Crippen LogP contribution is -2.13. The number of rotatable bonds is 7. The van der Waals surface area contributed by atoms with E-state index in [-0.39, 0.29) is 31.0 Å². The molecule has 0 bridgehead atoms. The number of nitrogens with zero attached hydrogens (tertiary/aromatic N) is 3. The molecule has 2 N–H and O–H groups in total. The Kier molecular flexibility index (Phi) is 5.82. The number of alkyl halides is 3. The maximum Gasteiger partial charge on any atom is 0.416 e. The summed E-state index contributed by atoms with van der Waals surface area (Å²) in [5.41, 5.74) is 0.324. The normalized spacial score (nSPS) is 11.7. The number of nitrogens with one attached hydrogen (secondary N) is 1. The minimum atomic E-state index is -4.46. The Hall–Kier alpha value is -2.78. The molecule has 0 unspecified atom stereocenters. The van der Waals surface area contributed by atoms with Gasteiger partial charge in [0.05, 0.1) is 30.9 Å². The minimum Gasteiger partial charge on any atom is -0.394 e. The maximum absolute atomic E-state index is 13.1. The monoisotopic (exact) mass is 378 g/mol. The van der Waals surface area contributed by atoms with E-state index in [4.69, 9.17) is 9.84 Å². The van der Waals surface area contributed by atoms with Gasteiger partial charge in [-0.25, -0.2) is 9.97 Å². The van der Waals surface area contributed by atoms with E-state index >= 15 is 0 Å². The van der Waals surface area contributed by atoms with E-state index < -0.39 is 11.7 Å². The van der Waals surface area contributed by atoms with Gasteiger partial charge in [-0.15, -0.1) is 0 Å². The Bertz CT molecular complexity index is 904. The molecule has 3 aromatic rings. The van der Waals surface area contributed by atoms with Crippen LogP contribution in [0, 0.1) is 0 Å². The number of aliphatic hydroxyl groups excluding tert-OH is 1. The zero-order valence-electron chi connectivity index (χ0n) is 14.2. The molecule has 2 aromatic heterocycles. The standard InChI is InChI=1S/C18H17F3N4O2/c19-18(20,21)13-1-2-15-14(11-13)17(23-7-9-27-10-8-26)25-16(24-15)12-3-5-22-6-4-12/h1-6,11,26H,7-10H2,(H,23,24,25). The van der Waals surface area contributed by atoms with Crippen LogP contribution in [0.3, 0.4) is 0 Å². The molecule has 0 atom stereocenters. The number of hydrogen-bond acceptors (Lipinski definition) is 6. The van der Waals surface area contributed by atoms with Gasteiger partial charge < -0.3 is 15.2 Å². The van der Waals surface area contributed by atoms with Gasteiger partial charge in [-0.3, -0.25) is 4.98 Å². The van der Waals surface area contributed by atoms with Gasteiger partial charge in [-0.05, 0) is 30.3 Å². The highest BCUT2D eigenvalue weighted by atomic mass is 19.4. The van der Waals surface area contributed by atoms with Crippen LogP contribution in [0.2, 0.25) is 0 Å². The first kappa shape index (κ1) is 19.0. The lowest BCUT2D eigenvalue weighted by Gasteiger charge is -2.13. The maximum atomic E-state index is 13.1. The second-order valence-corrected chi connectivity index (χ2v) is 5.62. The zero-order valence-corrected chi connectivity index (χ0v) is 14.2. The van der Waals surface area contributed by atoms with E-state index in [1.807, 2.05) is 0 Å². The lowest BCUT2D eigenvalue weighted by atomic mass is 10.1. The van der Waals surface area contributed by atoms with Crippen molar-refractivity contribution in [1.29, 1.82) is 0 Å². The van der Waals surface area contributed by atoms with Crippen LogP contribution in [0.4, 0.5) is 19.0 Å². The quantitative estimate of drug-likeness (QED) is 0.615. The summed E-state index contributed by atoms with van der Waals surface area (Å²) < 4.78 is 44.4. The van der Waals surface area contributed by atoms with Crippen molar-refractivity contribution in [1.82, 2.24) is 15.0 Å². The average Bonchev–Trinajstić information content (AvgIpc) is 2.67. The number of hydrogen-bond donors (Lipinski definition) is 2. The average molecular weight is 378 g/mol. The van der Waals surface area contributed by atoms with Crippen molar-refractivity contribution < 1.29 is 23.0 Å². The Morgan fingerprint density at radius 2 is 1.81 bits per heavy atom. The summed E-state index contributed by atoms with van der Waals surface area (Å²) in [5, 5.41) is 12.0. The molecule has 27 heavy (non-hydrogen) atoms. The number of aromatic nitrogens is 3. The summed E-state index contributed by atoms with van der Waals surface area (Å²) in [6.45, 7) is 0.679. The molecule has 0 aliphatic rings. The van der Waals surface area contributed by atoms with Crippen molar-refractivity contribution >= 4 is 16.7 Å². The van der Waals surface area contributed by atoms with Crippen molar-refractivity contribution in [3.8, 4) is 11.4 Å². The van der Waals surface area contributed by atoms with E-state index in [1.165, 1.54) is 6.07 Å². The number of anilines is 1. The molecule has 0 radical (unpaired) electrons. The van der Waals surface area contributed by atoms with Crippen LogP contribution in [0.5, 0.6) is 0 Å². The van der Waals surface area contributed by atoms with Crippen molar-refractivity contribution in [2.75, 3.05) is 31.7 Å². The Morgan fingerprint density at radius 3 is 2.52 bits per heavy atom. The molecule has 6 nitrogen and oxygen atoms in total. The smallest absolute Gasteiger partial charge is 0.394 e. The van der Waals surface area contributed by atoms with Gasteiger partial charge in [0.2, 0.25) is 0 Å². The van der Waals surface area contributed by atoms with E-state index in [1.54, 1.807) is 24.5 Å². The number of halogens is 3. The summed E-state index contributed by atoms with van der Waals surface area (Å²) in [6.07, 6.45) is -1.28. The highest BCUT2D eigenvalue weighted by Gasteiger charge is 2.31. The zero-order chi connectivity index (χ0) is 19.3. The molecule has 0 aliphatic carbocycles. The third kappa shape index (κ3) is 4.69. The molecule has 0 fully saturated rings. The van der Waals surface area contributed by atoms with Crippen LogP contribution >= 0.6 is 0 Å². The Morgan fingerprint density at radius 1 is 1.04 bits per heavy atom. The summed E-state index contributed by atoms with van der Waals surface area (Å²) in [5.74, 6) is 0.661. The molecule has 0 saturated heterocycles. The number of benzene rings is 1. The largest absolute Gasteiger partial charge is 0.416 e. The van der Waals surface area contributed by atoms with Gasteiger partial charge >= 0.3 is 6.18 Å². The molecule has 1 aromatic carbocycles. The first-order valence-electron chi connectivity index (χ1n) is 8.21. The third-order valence-corrected chi connectivity index (χ3v) is 3.74. The van der Waals surface area contributed by atoms with E-state index in [2.05, 4.69) is 20.3 Å². The summed E-state index contributed by atoms with van der Waals surface area (Å²) in [7, 11) is 0. The summed E-state index contributed by atoms with van der Waals surface area (Å²) in [4.78, 5) is 12.7. The Balaban J connectivity index is 2.00. The number of ether oxygens (including phenoxy) is 1. The SMILES string of the molecule is OCCOCCNc1nc(-c2ccncc2)nc2ccc(C(F)(F)F)cc12. The third-order valence-electron chi connectivity index (χ3n) is 3.74. The summed E-state index contributed by atoms with van der Waals surface area (Å²) >= 11 is 0. The van der Waals surface area contributed by atoms with Crippen molar-refractivity contribution in [2.45, 2.75) is 6.18 Å². The van der Waals surface area contributed by atoms with Gasteiger partial charge in [-0.1, -0.05) is 0 Å². The lowest BCUT2D eigenvalue weighted by molar-refractivity contribution is -0.137. The molecule has 142 valence electrons. The summed E-state index contributed by atoms with van der Waals surface area (Å²) in [6, 6.07) is 6.80. The molecular formula is C18H17F3N4O2. The number of aliphatic hydroxyl groups is 1. The molecular weight excluding hydrogens is 361 g/mol. The van der Waals surface area contributed by atoms with E-state index in [0.717, 1.165) is 12.1 Å². The fraction of sp³-hybridized carbons (Fsp3) is 0.278. The molecule has 0 saturated carbocycles. The van der Waals surface area contributed by atoms with E-state index in [9.17, 15) is 13.2 Å². The van der Waals surface area contributed by atoms with Crippen molar-refractivity contribution in [2.24, 2.45) is 0 Å².